The van der Waals surface area contributed by atoms with E-state index >= 15 is 0 Å². The Bertz CT molecular complexity index is 553. The molecule has 0 bridgehead atoms. The number of amides is 1. The van der Waals surface area contributed by atoms with Crippen LogP contribution in [0.15, 0.2) is 24.5 Å². The van der Waals surface area contributed by atoms with Crippen LogP contribution in [0.3, 0.4) is 0 Å². The number of carbonyl (C=O) groups excluding carboxylic acids is 1. The molecule has 0 radical (unpaired) electrons. The Morgan fingerprint density at radius 3 is 2.83 bits per heavy atom. The van der Waals surface area contributed by atoms with Crippen LogP contribution in [-0.4, -0.2) is 32.2 Å². The molecule has 1 amide bonds. The summed E-state index contributed by atoms with van der Waals surface area (Å²) in [5.74, 6) is -0.210. The molecule has 0 spiro atoms. The Morgan fingerprint density at radius 2 is 2.22 bits per heavy atom. The zero-order valence-electron chi connectivity index (χ0n) is 9.96. The lowest BCUT2D eigenvalue weighted by molar-refractivity contribution is 0.0943. The maximum Gasteiger partial charge on any atom is 0.253 e. The molecular formula is C11H12ClN5O. The van der Waals surface area contributed by atoms with E-state index in [1.165, 1.54) is 11.0 Å². The van der Waals surface area contributed by atoms with Crippen LogP contribution in [-0.2, 0) is 0 Å². The molecule has 1 aromatic carbocycles. The van der Waals surface area contributed by atoms with Gasteiger partial charge in [-0.25, -0.2) is 0 Å². The summed E-state index contributed by atoms with van der Waals surface area (Å²) in [5.41, 5.74) is 1.02. The number of rotatable bonds is 3. The van der Waals surface area contributed by atoms with Crippen LogP contribution in [0.25, 0.3) is 5.69 Å². The highest BCUT2D eigenvalue weighted by atomic mass is 35.5. The van der Waals surface area contributed by atoms with E-state index in [0.29, 0.717) is 16.3 Å². The van der Waals surface area contributed by atoms with Crippen molar-refractivity contribution in [2.75, 3.05) is 0 Å². The van der Waals surface area contributed by atoms with Crippen molar-refractivity contribution in [3.8, 4) is 5.69 Å². The number of carbonyl (C=O) groups is 1. The van der Waals surface area contributed by atoms with Gasteiger partial charge in [0.05, 0.1) is 11.3 Å². The molecule has 7 heteroatoms. The summed E-state index contributed by atoms with van der Waals surface area (Å²) in [6.07, 6.45) is 1.43. The number of tetrazole rings is 1. The fraction of sp³-hybridized carbons (Fsp3) is 0.273. The summed E-state index contributed by atoms with van der Waals surface area (Å²) in [7, 11) is 0. The minimum Gasteiger partial charge on any atom is -0.350 e. The van der Waals surface area contributed by atoms with Crippen LogP contribution in [0.1, 0.15) is 24.2 Å². The van der Waals surface area contributed by atoms with Crippen LogP contribution in [0.5, 0.6) is 0 Å². The topological polar surface area (TPSA) is 72.7 Å². The van der Waals surface area contributed by atoms with Gasteiger partial charge in [0, 0.05) is 11.1 Å². The molecule has 6 nitrogen and oxygen atoms in total. The molecule has 0 unspecified atom stereocenters. The SMILES string of the molecule is CC(C)NC(=O)c1cc(Cl)ccc1-n1cnnn1. The van der Waals surface area contributed by atoms with Gasteiger partial charge in [-0.3, -0.25) is 4.79 Å². The van der Waals surface area contributed by atoms with E-state index < -0.39 is 0 Å². The largest absolute Gasteiger partial charge is 0.350 e. The van der Waals surface area contributed by atoms with Crippen molar-refractivity contribution in [3.05, 3.63) is 35.1 Å². The highest BCUT2D eigenvalue weighted by molar-refractivity contribution is 6.31. The van der Waals surface area contributed by atoms with Gasteiger partial charge in [0.2, 0.25) is 0 Å². The highest BCUT2D eigenvalue weighted by Crippen LogP contribution is 2.19. The molecule has 1 N–H and O–H groups in total. The smallest absolute Gasteiger partial charge is 0.253 e. The van der Waals surface area contributed by atoms with Gasteiger partial charge >= 0.3 is 0 Å². The molecule has 1 heterocycles. The third kappa shape index (κ3) is 2.65. The number of halogens is 1. The zero-order valence-corrected chi connectivity index (χ0v) is 10.7. The number of hydrogen-bond acceptors (Lipinski definition) is 4. The predicted molar refractivity (Wildman–Crippen MR) is 66.8 cm³/mol. The van der Waals surface area contributed by atoms with Crippen molar-refractivity contribution >= 4 is 17.5 Å². The molecular weight excluding hydrogens is 254 g/mol. The molecule has 0 aliphatic rings. The molecule has 94 valence electrons. The quantitative estimate of drug-likeness (QED) is 0.912. The first kappa shape index (κ1) is 12.5. The number of nitrogens with zero attached hydrogens (tertiary/aromatic N) is 4. The van der Waals surface area contributed by atoms with Crippen molar-refractivity contribution in [3.63, 3.8) is 0 Å². The van der Waals surface area contributed by atoms with Crippen molar-refractivity contribution in [1.29, 1.82) is 0 Å². The first-order valence-corrected chi connectivity index (χ1v) is 5.79. The summed E-state index contributed by atoms with van der Waals surface area (Å²) in [6.45, 7) is 3.78. The average Bonchev–Trinajstić information content (AvgIpc) is 2.81. The van der Waals surface area contributed by atoms with E-state index in [9.17, 15) is 4.79 Å². The third-order valence-corrected chi connectivity index (χ3v) is 2.45. The molecule has 0 aliphatic carbocycles. The Balaban J connectivity index is 2.44. The molecule has 1 aromatic heterocycles. The molecule has 0 fully saturated rings. The first-order valence-electron chi connectivity index (χ1n) is 5.41. The summed E-state index contributed by atoms with van der Waals surface area (Å²) >= 11 is 5.92. The molecule has 0 aliphatic heterocycles. The Kier molecular flexibility index (Phi) is 3.57. The van der Waals surface area contributed by atoms with E-state index in [1.54, 1.807) is 18.2 Å². The van der Waals surface area contributed by atoms with Gasteiger partial charge in [0.25, 0.3) is 5.91 Å². The molecule has 2 aromatic rings. The van der Waals surface area contributed by atoms with E-state index in [-0.39, 0.29) is 11.9 Å². The fourth-order valence-corrected chi connectivity index (χ4v) is 1.67. The summed E-state index contributed by atoms with van der Waals surface area (Å²) in [4.78, 5) is 12.1. The lowest BCUT2D eigenvalue weighted by Crippen LogP contribution is -2.31. The lowest BCUT2D eigenvalue weighted by Gasteiger charge is -2.12. The maximum atomic E-state index is 12.1. The Morgan fingerprint density at radius 1 is 1.44 bits per heavy atom. The second kappa shape index (κ2) is 5.14. The Hall–Kier alpha value is -1.95. The second-order valence-electron chi connectivity index (χ2n) is 4.04. The highest BCUT2D eigenvalue weighted by Gasteiger charge is 2.15. The summed E-state index contributed by atoms with van der Waals surface area (Å²) in [5, 5.41) is 14.2. The van der Waals surface area contributed by atoms with Gasteiger partial charge in [0.15, 0.2) is 0 Å². The number of nitrogens with one attached hydrogen (secondary N) is 1. The molecule has 0 saturated heterocycles. The van der Waals surface area contributed by atoms with Crippen molar-refractivity contribution in [2.45, 2.75) is 19.9 Å². The monoisotopic (exact) mass is 265 g/mol. The Labute approximate surface area is 109 Å². The molecule has 2 rings (SSSR count). The van der Waals surface area contributed by atoms with Crippen LogP contribution in [0.2, 0.25) is 5.02 Å². The number of hydrogen-bond donors (Lipinski definition) is 1. The van der Waals surface area contributed by atoms with Gasteiger partial charge in [-0.15, -0.1) is 5.10 Å². The number of benzene rings is 1. The van der Waals surface area contributed by atoms with Crippen molar-refractivity contribution in [2.24, 2.45) is 0 Å². The molecule has 0 atom stereocenters. The minimum atomic E-state index is -0.210. The van der Waals surface area contributed by atoms with Gasteiger partial charge in [-0.1, -0.05) is 11.6 Å². The summed E-state index contributed by atoms with van der Waals surface area (Å²) in [6, 6.07) is 5.02. The van der Waals surface area contributed by atoms with Gasteiger partial charge in [0.1, 0.15) is 6.33 Å². The average molecular weight is 266 g/mol. The predicted octanol–water partition coefficient (Wildman–Crippen LogP) is 1.45. The van der Waals surface area contributed by atoms with Crippen LogP contribution >= 0.6 is 11.6 Å². The van der Waals surface area contributed by atoms with E-state index in [2.05, 4.69) is 20.8 Å². The summed E-state index contributed by atoms with van der Waals surface area (Å²) < 4.78 is 1.42. The van der Waals surface area contributed by atoms with Crippen LogP contribution < -0.4 is 5.32 Å². The minimum absolute atomic E-state index is 0.0400. The maximum absolute atomic E-state index is 12.1. The van der Waals surface area contributed by atoms with Crippen LogP contribution in [0, 0.1) is 0 Å². The molecule has 18 heavy (non-hydrogen) atoms. The van der Waals surface area contributed by atoms with E-state index in [0.717, 1.165) is 0 Å². The second-order valence-corrected chi connectivity index (χ2v) is 4.48. The van der Waals surface area contributed by atoms with E-state index in [1.807, 2.05) is 13.8 Å². The normalized spacial score (nSPS) is 10.7. The lowest BCUT2D eigenvalue weighted by atomic mass is 10.1. The number of aromatic nitrogens is 4. The zero-order chi connectivity index (χ0) is 13.1. The van der Waals surface area contributed by atoms with Crippen LogP contribution in [0.4, 0.5) is 0 Å². The van der Waals surface area contributed by atoms with Crippen molar-refractivity contribution < 1.29 is 4.79 Å². The third-order valence-electron chi connectivity index (χ3n) is 2.22. The standard InChI is InChI=1S/C11H12ClN5O/c1-7(2)14-11(18)9-5-8(12)3-4-10(9)17-6-13-15-16-17/h3-7H,1-2H3,(H,14,18). The van der Waals surface area contributed by atoms with Gasteiger partial charge in [-0.2, -0.15) is 4.68 Å². The van der Waals surface area contributed by atoms with Gasteiger partial charge < -0.3 is 5.32 Å². The fourth-order valence-electron chi connectivity index (χ4n) is 1.50. The van der Waals surface area contributed by atoms with Gasteiger partial charge in [-0.05, 0) is 42.5 Å². The first-order chi connectivity index (χ1) is 8.58. The van der Waals surface area contributed by atoms with Crippen molar-refractivity contribution in [1.82, 2.24) is 25.5 Å². The van der Waals surface area contributed by atoms with E-state index in [4.69, 9.17) is 11.6 Å². The molecule has 0 saturated carbocycles.